The molecular formula is C16H24N2O3SSi. The molecule has 1 aromatic heterocycles. The Kier molecular flexibility index (Phi) is 7.26. The van der Waals surface area contributed by atoms with Gasteiger partial charge in [0.1, 0.15) is 17.1 Å². The zero-order valence-corrected chi connectivity index (χ0v) is 16.1. The summed E-state index contributed by atoms with van der Waals surface area (Å²) in [6, 6.07) is 7.47. The van der Waals surface area contributed by atoms with Gasteiger partial charge in [-0.05, 0) is 30.3 Å². The molecule has 126 valence electrons. The Morgan fingerprint density at radius 2 is 2.13 bits per heavy atom. The van der Waals surface area contributed by atoms with E-state index in [0.29, 0.717) is 5.03 Å². The van der Waals surface area contributed by atoms with Crippen LogP contribution in [-0.4, -0.2) is 25.4 Å². The molecular weight excluding hydrogens is 328 g/mol. The van der Waals surface area contributed by atoms with Crippen LogP contribution in [0.1, 0.15) is 33.6 Å². The van der Waals surface area contributed by atoms with Crippen molar-refractivity contribution in [3.8, 4) is 6.07 Å². The first kappa shape index (κ1) is 19.7. The van der Waals surface area contributed by atoms with Crippen molar-refractivity contribution in [1.29, 1.82) is 5.26 Å². The predicted octanol–water partition coefficient (Wildman–Crippen LogP) is 4.33. The van der Waals surface area contributed by atoms with Crippen molar-refractivity contribution in [3.05, 3.63) is 24.4 Å². The van der Waals surface area contributed by atoms with Crippen LogP contribution in [0.3, 0.4) is 0 Å². The minimum Gasteiger partial charge on any atom is -0.412 e. The lowest BCUT2D eigenvalue weighted by Gasteiger charge is -2.38. The van der Waals surface area contributed by atoms with Gasteiger partial charge in [-0.15, -0.1) is 0 Å². The summed E-state index contributed by atoms with van der Waals surface area (Å²) in [4.78, 5) is 16.1. The van der Waals surface area contributed by atoms with Crippen LogP contribution < -0.4 is 0 Å². The summed E-state index contributed by atoms with van der Waals surface area (Å²) in [7, 11) is -2.04. The van der Waals surface area contributed by atoms with E-state index in [4.69, 9.17) is 13.9 Å². The summed E-state index contributed by atoms with van der Waals surface area (Å²) in [6.07, 6.45) is 1.45. The fourth-order valence-corrected chi connectivity index (χ4v) is 3.39. The number of rotatable bonds is 7. The highest BCUT2D eigenvalue weighted by Gasteiger charge is 2.39. The highest BCUT2D eigenvalue weighted by atomic mass is 32.2. The highest BCUT2D eigenvalue weighted by Crippen LogP contribution is 2.38. The molecule has 0 bridgehead atoms. The third kappa shape index (κ3) is 6.73. The Bertz CT molecular complexity index is 553. The second kappa shape index (κ2) is 8.48. The maximum atomic E-state index is 12.0. The molecule has 0 N–H and O–H groups in total. The van der Waals surface area contributed by atoms with E-state index < -0.39 is 20.4 Å². The Morgan fingerprint density at radius 1 is 1.43 bits per heavy atom. The Morgan fingerprint density at radius 3 is 2.65 bits per heavy atom. The first-order valence-corrected chi connectivity index (χ1v) is 11.1. The van der Waals surface area contributed by atoms with Crippen LogP contribution in [0.4, 0.5) is 0 Å². The predicted molar refractivity (Wildman–Crippen MR) is 93.1 cm³/mol. The number of hydrogen-bond acceptors (Lipinski definition) is 6. The lowest BCUT2D eigenvalue weighted by molar-refractivity contribution is -0.134. The molecule has 0 aromatic carbocycles. The zero-order valence-electron chi connectivity index (χ0n) is 14.3. The average molecular weight is 353 g/mol. The maximum Gasteiger partial charge on any atom is 0.320 e. The Labute approximate surface area is 143 Å². The van der Waals surface area contributed by atoms with Crippen LogP contribution >= 0.6 is 12.0 Å². The van der Waals surface area contributed by atoms with E-state index >= 15 is 0 Å². The molecule has 1 atom stereocenters. The van der Waals surface area contributed by atoms with Crippen LogP contribution in [0, 0.1) is 11.3 Å². The fraction of sp³-hybridized carbons (Fsp3) is 0.562. The summed E-state index contributed by atoms with van der Waals surface area (Å²) in [5.74, 6) is -0.403. The van der Waals surface area contributed by atoms with Crippen LogP contribution in [-0.2, 0) is 13.4 Å². The van der Waals surface area contributed by atoms with E-state index in [0.717, 1.165) is 12.0 Å². The van der Waals surface area contributed by atoms with Gasteiger partial charge in [0.05, 0.1) is 25.0 Å². The van der Waals surface area contributed by atoms with E-state index in [1.165, 1.54) is 0 Å². The quantitative estimate of drug-likeness (QED) is 0.537. The number of nitrogens with zero attached hydrogens (tertiary/aromatic N) is 2. The van der Waals surface area contributed by atoms with Crippen molar-refractivity contribution >= 4 is 26.3 Å². The molecule has 0 unspecified atom stereocenters. The molecule has 1 heterocycles. The van der Waals surface area contributed by atoms with Gasteiger partial charge in [0.25, 0.3) is 0 Å². The van der Waals surface area contributed by atoms with Gasteiger partial charge in [0, 0.05) is 6.20 Å². The number of pyridine rings is 1. The topological polar surface area (TPSA) is 72.2 Å². The van der Waals surface area contributed by atoms with Gasteiger partial charge in [-0.1, -0.05) is 26.8 Å². The summed E-state index contributed by atoms with van der Waals surface area (Å²) in [5.41, 5.74) is 0. The van der Waals surface area contributed by atoms with Crippen molar-refractivity contribution in [3.63, 3.8) is 0 Å². The maximum absolute atomic E-state index is 12.0. The van der Waals surface area contributed by atoms with Crippen LogP contribution in [0.2, 0.25) is 18.1 Å². The average Bonchev–Trinajstić information content (AvgIpc) is 2.45. The molecule has 1 rings (SSSR count). The molecule has 0 spiro atoms. The first-order valence-electron chi connectivity index (χ1n) is 7.49. The second-order valence-corrected chi connectivity index (χ2v) is 12.3. The third-order valence-corrected chi connectivity index (χ3v) is 9.05. The molecule has 0 aliphatic carbocycles. The van der Waals surface area contributed by atoms with Gasteiger partial charge in [-0.3, -0.25) is 4.79 Å². The van der Waals surface area contributed by atoms with E-state index in [2.05, 4.69) is 44.9 Å². The minimum atomic E-state index is -2.04. The van der Waals surface area contributed by atoms with Gasteiger partial charge in [-0.2, -0.15) is 5.26 Å². The molecule has 0 aliphatic rings. The van der Waals surface area contributed by atoms with Gasteiger partial charge < -0.3 is 8.61 Å². The summed E-state index contributed by atoms with van der Waals surface area (Å²) in [6.45, 7) is 10.6. The van der Waals surface area contributed by atoms with E-state index in [1.807, 2.05) is 6.07 Å². The fourth-order valence-electron chi connectivity index (χ4n) is 1.56. The molecule has 23 heavy (non-hydrogen) atoms. The lowest BCUT2D eigenvalue weighted by Crippen LogP contribution is -2.44. The van der Waals surface area contributed by atoms with Crippen molar-refractivity contribution in [2.45, 2.75) is 62.9 Å². The monoisotopic (exact) mass is 352 g/mol. The van der Waals surface area contributed by atoms with Crippen molar-refractivity contribution in [2.75, 3.05) is 0 Å². The Balaban J connectivity index is 2.58. The first-order chi connectivity index (χ1) is 10.7. The molecule has 0 radical (unpaired) electrons. The van der Waals surface area contributed by atoms with Crippen molar-refractivity contribution in [1.82, 2.24) is 4.98 Å². The largest absolute Gasteiger partial charge is 0.412 e. The van der Waals surface area contributed by atoms with Crippen molar-refractivity contribution in [2.24, 2.45) is 0 Å². The lowest BCUT2D eigenvalue weighted by atomic mass is 10.2. The third-order valence-electron chi connectivity index (χ3n) is 3.84. The van der Waals surface area contributed by atoms with Crippen LogP contribution in [0.15, 0.2) is 29.4 Å². The zero-order chi connectivity index (χ0) is 17.5. The Hall–Kier alpha value is -1.36. The van der Waals surface area contributed by atoms with Crippen molar-refractivity contribution < 1.29 is 13.4 Å². The molecule has 5 nitrogen and oxygen atoms in total. The standard InChI is InChI=1S/C16H24N2O3SSi/c1-16(2,3)23(4,5)21-13(9-10-17)12-15(19)20-22-14-8-6-7-11-18-14/h6-8,11,13H,9,12H2,1-5H3/t13-/m1/s1. The molecule has 7 heteroatoms. The normalized spacial score (nSPS) is 13.2. The van der Waals surface area contributed by atoms with E-state index in [-0.39, 0.29) is 17.9 Å². The number of carbonyl (C=O) groups is 1. The number of aromatic nitrogens is 1. The second-order valence-electron chi connectivity index (χ2n) is 6.77. The number of carbonyl (C=O) groups excluding carboxylic acids is 1. The molecule has 0 saturated carbocycles. The smallest absolute Gasteiger partial charge is 0.320 e. The molecule has 0 aliphatic heterocycles. The molecule has 0 fully saturated rings. The SMILES string of the molecule is CC(C)(C)[Si](C)(C)O[C@H](CC#N)CC(=O)OSc1ccccn1. The van der Waals surface area contributed by atoms with E-state index in [9.17, 15) is 4.79 Å². The summed E-state index contributed by atoms with van der Waals surface area (Å²) < 4.78 is 11.3. The van der Waals surface area contributed by atoms with Gasteiger partial charge in [0.2, 0.25) is 0 Å². The highest BCUT2D eigenvalue weighted by molar-refractivity contribution is 7.95. The summed E-state index contributed by atoms with van der Waals surface area (Å²) in [5, 5.41) is 9.61. The molecule has 0 saturated heterocycles. The number of hydrogen-bond donors (Lipinski definition) is 0. The number of nitriles is 1. The van der Waals surface area contributed by atoms with E-state index in [1.54, 1.807) is 18.3 Å². The van der Waals surface area contributed by atoms with Crippen LogP contribution in [0.5, 0.6) is 0 Å². The van der Waals surface area contributed by atoms with Gasteiger partial charge in [0.15, 0.2) is 8.32 Å². The summed E-state index contributed by atoms with van der Waals surface area (Å²) >= 11 is 0.924. The van der Waals surface area contributed by atoms with Gasteiger partial charge >= 0.3 is 5.97 Å². The molecule has 0 amide bonds. The van der Waals surface area contributed by atoms with Crippen LogP contribution in [0.25, 0.3) is 0 Å². The molecule has 1 aromatic rings. The minimum absolute atomic E-state index is 0.0211. The van der Waals surface area contributed by atoms with Gasteiger partial charge in [-0.25, -0.2) is 4.98 Å².